The standard InChI is InChI=1S/C12H18N4OS/c1-12(2,3)6-9-15-11(17-16-9)8-7-18-10(14-8)4-5-13/h7H,4-6,13H2,1-3H3. The fourth-order valence-electron chi connectivity index (χ4n) is 1.55. The molecule has 2 aromatic rings. The molecule has 5 nitrogen and oxygen atoms in total. The van der Waals surface area contributed by atoms with Gasteiger partial charge in [0.15, 0.2) is 5.82 Å². The van der Waals surface area contributed by atoms with Crippen LogP contribution in [0.1, 0.15) is 31.6 Å². The van der Waals surface area contributed by atoms with Crippen LogP contribution in [0.2, 0.25) is 0 Å². The van der Waals surface area contributed by atoms with Crippen molar-refractivity contribution in [2.45, 2.75) is 33.6 Å². The molecule has 0 aliphatic heterocycles. The molecule has 98 valence electrons. The molecule has 18 heavy (non-hydrogen) atoms. The minimum Gasteiger partial charge on any atom is -0.332 e. The van der Waals surface area contributed by atoms with Crippen LogP contribution in [0, 0.1) is 5.41 Å². The Morgan fingerprint density at radius 3 is 2.78 bits per heavy atom. The largest absolute Gasteiger partial charge is 0.332 e. The van der Waals surface area contributed by atoms with Crippen molar-refractivity contribution in [2.75, 3.05) is 6.54 Å². The Labute approximate surface area is 110 Å². The molecule has 0 aliphatic carbocycles. The summed E-state index contributed by atoms with van der Waals surface area (Å²) in [5.41, 5.74) is 6.39. The second kappa shape index (κ2) is 5.16. The van der Waals surface area contributed by atoms with Gasteiger partial charge >= 0.3 is 0 Å². The van der Waals surface area contributed by atoms with E-state index in [1.54, 1.807) is 11.3 Å². The van der Waals surface area contributed by atoms with E-state index in [0.717, 1.165) is 29.4 Å². The Balaban J connectivity index is 2.13. The second-order valence-corrected chi connectivity index (χ2v) is 6.36. The van der Waals surface area contributed by atoms with Crippen LogP contribution in [0.25, 0.3) is 11.6 Å². The highest BCUT2D eigenvalue weighted by molar-refractivity contribution is 7.09. The molecule has 0 spiro atoms. The zero-order valence-corrected chi connectivity index (χ0v) is 11.8. The molecule has 0 saturated carbocycles. The van der Waals surface area contributed by atoms with E-state index >= 15 is 0 Å². The number of hydrogen-bond acceptors (Lipinski definition) is 6. The molecule has 2 aromatic heterocycles. The van der Waals surface area contributed by atoms with Crippen molar-refractivity contribution in [2.24, 2.45) is 11.1 Å². The summed E-state index contributed by atoms with van der Waals surface area (Å²) in [7, 11) is 0. The first kappa shape index (κ1) is 13.2. The third-order valence-electron chi connectivity index (χ3n) is 2.29. The molecule has 0 fully saturated rings. The normalized spacial score (nSPS) is 12.0. The lowest BCUT2D eigenvalue weighted by Gasteiger charge is -2.14. The average Bonchev–Trinajstić information content (AvgIpc) is 2.85. The summed E-state index contributed by atoms with van der Waals surface area (Å²) in [6.07, 6.45) is 1.57. The predicted molar refractivity (Wildman–Crippen MR) is 71.3 cm³/mol. The van der Waals surface area contributed by atoms with E-state index in [0.29, 0.717) is 12.4 Å². The van der Waals surface area contributed by atoms with Crippen molar-refractivity contribution < 1.29 is 4.52 Å². The van der Waals surface area contributed by atoms with Crippen LogP contribution in [0.5, 0.6) is 0 Å². The summed E-state index contributed by atoms with van der Waals surface area (Å²) in [6, 6.07) is 0. The van der Waals surface area contributed by atoms with Gasteiger partial charge in [-0.2, -0.15) is 4.98 Å². The van der Waals surface area contributed by atoms with Crippen LogP contribution in [-0.2, 0) is 12.8 Å². The lowest BCUT2D eigenvalue weighted by atomic mass is 9.92. The number of hydrogen-bond donors (Lipinski definition) is 1. The van der Waals surface area contributed by atoms with Crippen molar-refractivity contribution in [1.29, 1.82) is 0 Å². The molecule has 0 amide bonds. The third-order valence-corrected chi connectivity index (χ3v) is 3.19. The minimum absolute atomic E-state index is 0.147. The van der Waals surface area contributed by atoms with Gasteiger partial charge in [-0.1, -0.05) is 25.9 Å². The maximum atomic E-state index is 5.50. The molecule has 0 atom stereocenters. The number of aromatic nitrogens is 3. The highest BCUT2D eigenvalue weighted by Gasteiger charge is 2.18. The molecule has 0 bridgehead atoms. The Hall–Kier alpha value is -1.27. The van der Waals surface area contributed by atoms with Crippen molar-refractivity contribution in [3.05, 3.63) is 16.2 Å². The van der Waals surface area contributed by atoms with E-state index < -0.39 is 0 Å². The SMILES string of the molecule is CC(C)(C)Cc1noc(-c2csc(CCN)n2)n1. The highest BCUT2D eigenvalue weighted by Crippen LogP contribution is 2.23. The molecular weight excluding hydrogens is 248 g/mol. The zero-order chi connectivity index (χ0) is 13.2. The summed E-state index contributed by atoms with van der Waals surface area (Å²) < 4.78 is 5.24. The van der Waals surface area contributed by atoms with E-state index in [2.05, 4.69) is 35.9 Å². The summed E-state index contributed by atoms with van der Waals surface area (Å²) >= 11 is 1.57. The van der Waals surface area contributed by atoms with Gasteiger partial charge < -0.3 is 10.3 Å². The summed E-state index contributed by atoms with van der Waals surface area (Å²) in [5, 5.41) is 6.92. The molecule has 0 aliphatic rings. The summed E-state index contributed by atoms with van der Waals surface area (Å²) in [6.45, 7) is 7.04. The lowest BCUT2D eigenvalue weighted by Crippen LogP contribution is -2.10. The molecule has 6 heteroatoms. The van der Waals surface area contributed by atoms with Gasteiger partial charge in [0.2, 0.25) is 0 Å². The number of nitrogens with zero attached hydrogens (tertiary/aromatic N) is 3. The van der Waals surface area contributed by atoms with Crippen LogP contribution in [0.4, 0.5) is 0 Å². The zero-order valence-electron chi connectivity index (χ0n) is 10.9. The molecule has 0 radical (unpaired) electrons. The number of rotatable bonds is 4. The molecule has 2 N–H and O–H groups in total. The van der Waals surface area contributed by atoms with E-state index in [4.69, 9.17) is 10.3 Å². The monoisotopic (exact) mass is 266 g/mol. The van der Waals surface area contributed by atoms with Crippen molar-refractivity contribution in [1.82, 2.24) is 15.1 Å². The third kappa shape index (κ3) is 3.36. The maximum Gasteiger partial charge on any atom is 0.277 e. The Morgan fingerprint density at radius 1 is 1.33 bits per heavy atom. The molecule has 2 rings (SSSR count). The van der Waals surface area contributed by atoms with Crippen LogP contribution < -0.4 is 5.73 Å². The highest BCUT2D eigenvalue weighted by atomic mass is 32.1. The van der Waals surface area contributed by atoms with Crippen LogP contribution in [-0.4, -0.2) is 21.7 Å². The van der Waals surface area contributed by atoms with E-state index in [1.807, 2.05) is 5.38 Å². The lowest BCUT2D eigenvalue weighted by molar-refractivity contribution is 0.374. The Kier molecular flexibility index (Phi) is 3.77. The van der Waals surface area contributed by atoms with Gasteiger partial charge in [-0.15, -0.1) is 11.3 Å². The van der Waals surface area contributed by atoms with Gasteiger partial charge in [-0.3, -0.25) is 0 Å². The van der Waals surface area contributed by atoms with Crippen LogP contribution >= 0.6 is 11.3 Å². The topological polar surface area (TPSA) is 77.8 Å². The predicted octanol–water partition coefficient (Wildman–Crippen LogP) is 2.28. The summed E-state index contributed by atoms with van der Waals surface area (Å²) in [4.78, 5) is 8.80. The quantitative estimate of drug-likeness (QED) is 0.918. The Morgan fingerprint density at radius 2 is 2.11 bits per heavy atom. The summed E-state index contributed by atoms with van der Waals surface area (Å²) in [5.74, 6) is 1.22. The van der Waals surface area contributed by atoms with Gasteiger partial charge in [0.05, 0.1) is 5.01 Å². The number of thiazole rings is 1. The maximum absolute atomic E-state index is 5.50. The second-order valence-electron chi connectivity index (χ2n) is 5.42. The fourth-order valence-corrected chi connectivity index (χ4v) is 2.34. The van der Waals surface area contributed by atoms with E-state index in [9.17, 15) is 0 Å². The first-order chi connectivity index (χ1) is 8.48. The van der Waals surface area contributed by atoms with Crippen molar-refractivity contribution in [3.8, 4) is 11.6 Å². The average molecular weight is 266 g/mol. The fraction of sp³-hybridized carbons (Fsp3) is 0.583. The van der Waals surface area contributed by atoms with Crippen molar-refractivity contribution >= 4 is 11.3 Å². The van der Waals surface area contributed by atoms with E-state index in [-0.39, 0.29) is 5.41 Å². The first-order valence-corrected chi connectivity index (χ1v) is 6.83. The van der Waals surface area contributed by atoms with Crippen molar-refractivity contribution in [3.63, 3.8) is 0 Å². The molecular formula is C12H18N4OS. The van der Waals surface area contributed by atoms with E-state index in [1.165, 1.54) is 0 Å². The smallest absolute Gasteiger partial charge is 0.277 e. The number of nitrogens with two attached hydrogens (primary N) is 1. The first-order valence-electron chi connectivity index (χ1n) is 5.95. The van der Waals surface area contributed by atoms with Gasteiger partial charge in [-0.25, -0.2) is 4.98 Å². The molecule has 2 heterocycles. The van der Waals surface area contributed by atoms with Crippen LogP contribution in [0.3, 0.4) is 0 Å². The molecule has 0 aromatic carbocycles. The Bertz CT molecular complexity index is 512. The minimum atomic E-state index is 0.147. The van der Waals surface area contributed by atoms with Gasteiger partial charge in [0.25, 0.3) is 5.89 Å². The van der Waals surface area contributed by atoms with Crippen LogP contribution in [0.15, 0.2) is 9.90 Å². The van der Waals surface area contributed by atoms with Gasteiger partial charge in [0, 0.05) is 18.2 Å². The van der Waals surface area contributed by atoms with Gasteiger partial charge in [-0.05, 0) is 12.0 Å². The molecule has 0 saturated heterocycles. The van der Waals surface area contributed by atoms with Gasteiger partial charge in [0.1, 0.15) is 5.69 Å². The molecule has 0 unspecified atom stereocenters.